The van der Waals surface area contributed by atoms with Gasteiger partial charge in [0, 0.05) is 22.8 Å². The second-order valence-corrected chi connectivity index (χ2v) is 7.99. The Morgan fingerprint density at radius 1 is 1.21 bits per heavy atom. The number of nitrogens with one attached hydrogen (secondary N) is 2. The van der Waals surface area contributed by atoms with E-state index in [2.05, 4.69) is 36.5 Å². The van der Waals surface area contributed by atoms with Crippen molar-refractivity contribution in [1.82, 2.24) is 9.97 Å². The lowest BCUT2D eigenvalue weighted by atomic mass is 10.0. The van der Waals surface area contributed by atoms with Crippen molar-refractivity contribution in [3.05, 3.63) is 75.3 Å². The van der Waals surface area contributed by atoms with Crippen molar-refractivity contribution in [1.29, 1.82) is 0 Å². The van der Waals surface area contributed by atoms with Gasteiger partial charge in [-0.3, -0.25) is 4.79 Å². The third-order valence-corrected chi connectivity index (χ3v) is 5.50. The molecule has 29 heavy (non-hydrogen) atoms. The smallest absolute Gasteiger partial charge is 0.227 e. The van der Waals surface area contributed by atoms with Gasteiger partial charge in [0.15, 0.2) is 0 Å². The second-order valence-electron chi connectivity index (χ2n) is 7.07. The Kier molecular flexibility index (Phi) is 5.58. The number of aryl methyl sites for hydroxylation is 4. The number of carbonyl (C=O) groups is 1. The highest BCUT2D eigenvalue weighted by atomic mass is 79.9. The fourth-order valence-corrected chi connectivity index (χ4v) is 3.73. The van der Waals surface area contributed by atoms with Crippen LogP contribution in [0.4, 0.5) is 21.7 Å². The van der Waals surface area contributed by atoms with Crippen molar-refractivity contribution in [2.75, 3.05) is 10.6 Å². The number of hydrogen-bond donors (Lipinski definition) is 2. The first-order chi connectivity index (χ1) is 14.0. The van der Waals surface area contributed by atoms with Crippen molar-refractivity contribution in [3.8, 4) is 0 Å². The third-order valence-electron chi connectivity index (χ3n) is 5.01. The number of nitrogens with zero attached hydrogens (tertiary/aromatic N) is 2. The lowest BCUT2D eigenvalue weighted by molar-refractivity contribution is -0.116. The zero-order valence-electron chi connectivity index (χ0n) is 15.9. The van der Waals surface area contributed by atoms with Crippen molar-refractivity contribution in [3.63, 3.8) is 0 Å². The average Bonchev–Trinajstić information content (AvgIpc) is 2.70. The molecule has 0 fully saturated rings. The number of para-hydroxylation sites is 1. The summed E-state index contributed by atoms with van der Waals surface area (Å²) in [6.07, 6.45) is 4.12. The van der Waals surface area contributed by atoms with Crippen molar-refractivity contribution >= 4 is 39.2 Å². The maximum absolute atomic E-state index is 14.1. The van der Waals surface area contributed by atoms with Crippen LogP contribution in [0.5, 0.6) is 0 Å². The Balaban J connectivity index is 1.54. The summed E-state index contributed by atoms with van der Waals surface area (Å²) in [4.78, 5) is 20.8. The van der Waals surface area contributed by atoms with E-state index in [-0.39, 0.29) is 11.7 Å². The number of halogens is 2. The van der Waals surface area contributed by atoms with Gasteiger partial charge in [-0.05, 0) is 61.1 Å². The summed E-state index contributed by atoms with van der Waals surface area (Å²) in [5.74, 6) is 0.236. The van der Waals surface area contributed by atoms with Crippen LogP contribution in [0.1, 0.15) is 28.8 Å². The second kappa shape index (κ2) is 8.29. The van der Waals surface area contributed by atoms with Crippen LogP contribution < -0.4 is 10.6 Å². The van der Waals surface area contributed by atoms with E-state index in [4.69, 9.17) is 0 Å². The Labute approximate surface area is 176 Å². The number of carbonyl (C=O) groups excluding carboxylic acids is 1. The van der Waals surface area contributed by atoms with E-state index < -0.39 is 0 Å². The number of amides is 1. The minimum atomic E-state index is -0.226. The molecular formula is C22H20BrFN4O. The van der Waals surface area contributed by atoms with E-state index >= 15 is 0 Å². The summed E-state index contributed by atoms with van der Waals surface area (Å²) in [7, 11) is 0. The van der Waals surface area contributed by atoms with Gasteiger partial charge in [-0.25, -0.2) is 14.4 Å². The van der Waals surface area contributed by atoms with Crippen molar-refractivity contribution in [2.24, 2.45) is 0 Å². The molecule has 4 rings (SSSR count). The van der Waals surface area contributed by atoms with Gasteiger partial charge in [-0.1, -0.05) is 34.1 Å². The standard InChI is InChI=1S/C22H20BrFN4O/c1-13-12-25-22(26-18(13)9-6-14-5-8-16(23)11-17(14)24)27-19-4-2-3-15-7-10-20(29)28-21(15)19/h2-5,8,11-12H,6-7,9-10H2,1H3,(H,28,29)(H,25,26,27). The van der Waals surface area contributed by atoms with E-state index in [9.17, 15) is 9.18 Å². The van der Waals surface area contributed by atoms with Crippen molar-refractivity contribution in [2.45, 2.75) is 32.6 Å². The highest BCUT2D eigenvalue weighted by Gasteiger charge is 2.18. The van der Waals surface area contributed by atoms with Crippen LogP contribution in [0, 0.1) is 12.7 Å². The largest absolute Gasteiger partial charge is 0.324 e. The molecule has 0 saturated carbocycles. The van der Waals surface area contributed by atoms with Crippen LogP contribution in [-0.2, 0) is 24.1 Å². The number of rotatable bonds is 5. The van der Waals surface area contributed by atoms with Gasteiger partial charge in [-0.2, -0.15) is 0 Å². The highest BCUT2D eigenvalue weighted by Crippen LogP contribution is 2.32. The molecule has 2 heterocycles. The molecule has 1 aromatic heterocycles. The Morgan fingerprint density at radius 2 is 2.07 bits per heavy atom. The SMILES string of the molecule is Cc1cnc(Nc2cccc3c2NC(=O)CC3)nc1CCc1ccc(Br)cc1F. The normalized spacial score (nSPS) is 13.0. The first-order valence-electron chi connectivity index (χ1n) is 9.45. The molecule has 5 nitrogen and oxygen atoms in total. The molecule has 7 heteroatoms. The molecule has 0 unspecified atom stereocenters. The van der Waals surface area contributed by atoms with Crippen LogP contribution in [0.3, 0.4) is 0 Å². The quantitative estimate of drug-likeness (QED) is 0.562. The molecule has 2 N–H and O–H groups in total. The Morgan fingerprint density at radius 3 is 2.90 bits per heavy atom. The molecule has 0 spiro atoms. The molecule has 3 aromatic rings. The summed E-state index contributed by atoms with van der Waals surface area (Å²) in [6.45, 7) is 1.95. The summed E-state index contributed by atoms with van der Waals surface area (Å²) in [5.41, 5.74) is 5.11. The molecular weight excluding hydrogens is 435 g/mol. The van der Waals surface area contributed by atoms with Gasteiger partial charge in [0.2, 0.25) is 11.9 Å². The van der Waals surface area contributed by atoms with Crippen molar-refractivity contribution < 1.29 is 9.18 Å². The molecule has 0 saturated heterocycles. The van der Waals surface area contributed by atoms with Gasteiger partial charge < -0.3 is 10.6 Å². The number of fused-ring (bicyclic) bond motifs is 1. The first kappa shape index (κ1) is 19.5. The fourth-order valence-electron chi connectivity index (χ4n) is 3.40. The summed E-state index contributed by atoms with van der Waals surface area (Å²) in [5, 5.41) is 6.15. The number of benzene rings is 2. The van der Waals surface area contributed by atoms with Crippen LogP contribution in [0.2, 0.25) is 0 Å². The molecule has 0 aliphatic carbocycles. The average molecular weight is 455 g/mol. The molecule has 148 valence electrons. The molecule has 0 radical (unpaired) electrons. The molecule has 1 amide bonds. The predicted octanol–water partition coefficient (Wildman–Crippen LogP) is 5.10. The maximum atomic E-state index is 14.1. The van der Waals surface area contributed by atoms with E-state index in [1.807, 2.05) is 31.2 Å². The summed E-state index contributed by atoms with van der Waals surface area (Å²) >= 11 is 3.28. The van der Waals surface area contributed by atoms with Gasteiger partial charge in [0.05, 0.1) is 11.4 Å². The van der Waals surface area contributed by atoms with E-state index in [0.29, 0.717) is 30.8 Å². The van der Waals surface area contributed by atoms with Gasteiger partial charge in [0.25, 0.3) is 0 Å². The van der Waals surface area contributed by atoms with Crippen LogP contribution in [0.25, 0.3) is 0 Å². The van der Waals surface area contributed by atoms with Gasteiger partial charge in [-0.15, -0.1) is 0 Å². The molecule has 0 bridgehead atoms. The van der Waals surface area contributed by atoms with Crippen LogP contribution in [-0.4, -0.2) is 15.9 Å². The molecule has 2 aromatic carbocycles. The fraction of sp³-hybridized carbons (Fsp3) is 0.227. The number of anilines is 3. The summed E-state index contributed by atoms with van der Waals surface area (Å²) < 4.78 is 14.8. The van der Waals surface area contributed by atoms with E-state index in [0.717, 1.165) is 39.1 Å². The lowest BCUT2D eigenvalue weighted by Gasteiger charge is -2.20. The van der Waals surface area contributed by atoms with E-state index in [1.54, 1.807) is 12.3 Å². The monoisotopic (exact) mass is 454 g/mol. The maximum Gasteiger partial charge on any atom is 0.227 e. The third kappa shape index (κ3) is 4.45. The first-order valence-corrected chi connectivity index (χ1v) is 10.2. The molecule has 0 atom stereocenters. The van der Waals surface area contributed by atoms with Crippen LogP contribution in [0.15, 0.2) is 47.1 Å². The Hall–Kier alpha value is -2.80. The zero-order chi connectivity index (χ0) is 20.4. The highest BCUT2D eigenvalue weighted by molar-refractivity contribution is 9.10. The van der Waals surface area contributed by atoms with Gasteiger partial charge >= 0.3 is 0 Å². The predicted molar refractivity (Wildman–Crippen MR) is 115 cm³/mol. The zero-order valence-corrected chi connectivity index (χ0v) is 17.5. The molecule has 1 aliphatic rings. The Bertz CT molecular complexity index is 1090. The molecule has 1 aliphatic heterocycles. The number of hydrogen-bond acceptors (Lipinski definition) is 4. The topological polar surface area (TPSA) is 66.9 Å². The van der Waals surface area contributed by atoms with Gasteiger partial charge in [0.1, 0.15) is 5.82 Å². The summed E-state index contributed by atoms with van der Waals surface area (Å²) in [6, 6.07) is 10.9. The lowest BCUT2D eigenvalue weighted by Crippen LogP contribution is -2.20. The van der Waals surface area contributed by atoms with Crippen LogP contribution >= 0.6 is 15.9 Å². The minimum Gasteiger partial charge on any atom is -0.324 e. The number of aromatic nitrogens is 2. The minimum absolute atomic E-state index is 0.00814. The van der Waals surface area contributed by atoms with E-state index in [1.165, 1.54) is 6.07 Å².